The topological polar surface area (TPSA) is 57.0 Å². The van der Waals surface area contributed by atoms with Gasteiger partial charge in [0.15, 0.2) is 11.3 Å². The van der Waals surface area contributed by atoms with E-state index in [2.05, 4.69) is 41.4 Å². The molecule has 0 unspecified atom stereocenters. The fraction of sp³-hybridized carbons (Fsp3) is 0.0741. The molecular weight excluding hydrogens is 434 g/mol. The molecule has 0 N–H and O–H groups in total. The van der Waals surface area contributed by atoms with Crippen LogP contribution in [0.2, 0.25) is 5.15 Å². The Hall–Kier alpha value is -3.96. The molecule has 0 radical (unpaired) electrons. The lowest BCUT2D eigenvalue weighted by Crippen LogP contribution is -2.39. The van der Waals surface area contributed by atoms with Crippen LogP contribution in [0.3, 0.4) is 0 Å². The quantitative estimate of drug-likeness (QED) is 0.194. The Balaban J connectivity index is 2.00. The minimum absolute atomic E-state index is 0.184. The zero-order valence-electron chi connectivity index (χ0n) is 17.9. The maximum Gasteiger partial charge on any atom is 0.359 e. The second kappa shape index (κ2) is 8.52. The van der Waals surface area contributed by atoms with E-state index in [0.717, 1.165) is 16.7 Å². The largest absolute Gasteiger partial charge is 0.464 e. The first-order valence-electron chi connectivity index (χ1n) is 10.5. The Kier molecular flexibility index (Phi) is 5.40. The number of pyridine rings is 1. The number of halogens is 1. The highest BCUT2D eigenvalue weighted by Gasteiger charge is 2.42. The molecule has 0 aliphatic heterocycles. The van der Waals surface area contributed by atoms with Gasteiger partial charge in [0.2, 0.25) is 0 Å². The molecule has 0 atom stereocenters. The number of ether oxygens (including phenoxy) is 1. The van der Waals surface area contributed by atoms with Gasteiger partial charge in [0.1, 0.15) is 10.7 Å². The summed E-state index contributed by atoms with van der Waals surface area (Å²) in [7, 11) is 1.34. The molecule has 0 fully saturated rings. The van der Waals surface area contributed by atoms with Gasteiger partial charge in [0.05, 0.1) is 12.5 Å². The van der Waals surface area contributed by atoms with Crippen molar-refractivity contribution in [2.45, 2.75) is 5.54 Å². The van der Waals surface area contributed by atoms with E-state index in [1.54, 1.807) is 16.8 Å². The predicted molar refractivity (Wildman–Crippen MR) is 128 cm³/mol. The van der Waals surface area contributed by atoms with Crippen LogP contribution in [-0.2, 0) is 10.3 Å². The summed E-state index contributed by atoms with van der Waals surface area (Å²) in [6, 6.07) is 33.6. The second-order valence-corrected chi connectivity index (χ2v) is 7.95. The Morgan fingerprint density at radius 1 is 0.788 bits per heavy atom. The summed E-state index contributed by atoms with van der Waals surface area (Å²) in [5.41, 5.74) is 2.63. The van der Waals surface area contributed by atoms with Gasteiger partial charge in [0, 0.05) is 0 Å². The van der Waals surface area contributed by atoms with Gasteiger partial charge >= 0.3 is 5.97 Å². The molecule has 6 heteroatoms. The number of fused-ring (bicyclic) bond motifs is 1. The number of hydrogen-bond donors (Lipinski definition) is 0. The minimum atomic E-state index is -0.925. The van der Waals surface area contributed by atoms with Crippen molar-refractivity contribution in [3.05, 3.63) is 131 Å². The zero-order valence-corrected chi connectivity index (χ0v) is 18.6. The van der Waals surface area contributed by atoms with Crippen molar-refractivity contribution in [1.82, 2.24) is 14.8 Å². The molecule has 2 aromatic heterocycles. The average Bonchev–Trinajstić information content (AvgIpc) is 3.25. The van der Waals surface area contributed by atoms with Crippen LogP contribution in [0.1, 0.15) is 27.2 Å². The highest BCUT2D eigenvalue weighted by Crippen LogP contribution is 2.42. The smallest absolute Gasteiger partial charge is 0.359 e. The summed E-state index contributed by atoms with van der Waals surface area (Å²) < 4.78 is 6.83. The number of carbonyl (C=O) groups is 1. The molecule has 5 aromatic rings. The van der Waals surface area contributed by atoms with Gasteiger partial charge in [-0.3, -0.25) is 0 Å². The van der Waals surface area contributed by atoms with E-state index in [1.165, 1.54) is 7.11 Å². The zero-order chi connectivity index (χ0) is 22.8. The van der Waals surface area contributed by atoms with Crippen LogP contribution in [0.15, 0.2) is 103 Å². The summed E-state index contributed by atoms with van der Waals surface area (Å²) in [5, 5.41) is 5.70. The number of esters is 1. The Bertz CT molecular complexity index is 1320. The molecule has 2 heterocycles. The summed E-state index contributed by atoms with van der Waals surface area (Å²) in [5.74, 6) is -0.536. The lowest BCUT2D eigenvalue weighted by Gasteiger charge is -2.36. The normalized spacial score (nSPS) is 11.5. The van der Waals surface area contributed by atoms with Gasteiger partial charge in [0.25, 0.3) is 0 Å². The molecule has 0 amide bonds. The molecule has 0 saturated heterocycles. The van der Waals surface area contributed by atoms with Gasteiger partial charge in [-0.25, -0.2) is 14.5 Å². The lowest BCUT2D eigenvalue weighted by atomic mass is 9.77. The Morgan fingerprint density at radius 2 is 1.27 bits per heavy atom. The van der Waals surface area contributed by atoms with Crippen molar-refractivity contribution in [3.63, 3.8) is 0 Å². The van der Waals surface area contributed by atoms with Crippen molar-refractivity contribution >= 4 is 28.6 Å². The number of benzene rings is 3. The van der Waals surface area contributed by atoms with Gasteiger partial charge in [-0.05, 0) is 28.8 Å². The maximum absolute atomic E-state index is 12.7. The molecule has 33 heavy (non-hydrogen) atoms. The van der Waals surface area contributed by atoms with Crippen molar-refractivity contribution in [2.24, 2.45) is 0 Å². The number of rotatable bonds is 5. The lowest BCUT2D eigenvalue weighted by molar-refractivity contribution is 0.0594. The monoisotopic (exact) mass is 453 g/mol. The van der Waals surface area contributed by atoms with Crippen LogP contribution in [0.5, 0.6) is 0 Å². The SMILES string of the molecule is COC(=O)c1nn(C(c2ccccc2)(c2ccccc2)c2ccccc2)c2nc(Cl)ccc12. The summed E-state index contributed by atoms with van der Waals surface area (Å²) in [4.78, 5) is 17.3. The molecule has 0 saturated carbocycles. The molecule has 5 rings (SSSR count). The Morgan fingerprint density at radius 3 is 1.73 bits per heavy atom. The summed E-state index contributed by atoms with van der Waals surface area (Å²) in [6.45, 7) is 0. The molecular formula is C27H20ClN3O2. The van der Waals surface area contributed by atoms with Crippen LogP contribution in [0.4, 0.5) is 0 Å². The van der Waals surface area contributed by atoms with Gasteiger partial charge in [-0.2, -0.15) is 5.10 Å². The third-order valence-corrected chi connectivity index (χ3v) is 5.98. The maximum atomic E-state index is 12.7. The van der Waals surface area contributed by atoms with Gasteiger partial charge in [-0.1, -0.05) is 103 Å². The van der Waals surface area contributed by atoms with Crippen LogP contribution in [0, 0.1) is 0 Å². The minimum Gasteiger partial charge on any atom is -0.464 e. The van der Waals surface area contributed by atoms with Crippen LogP contribution in [-0.4, -0.2) is 27.8 Å². The van der Waals surface area contributed by atoms with E-state index in [9.17, 15) is 4.79 Å². The fourth-order valence-electron chi connectivity index (χ4n) is 4.36. The molecule has 162 valence electrons. The third kappa shape index (κ3) is 3.38. The standard InChI is InChI=1S/C27H20ClN3O2/c1-33-26(32)24-22-17-18-23(28)29-25(22)31(30-24)27(19-11-5-2-6-12-19,20-13-7-3-8-14-20)21-15-9-4-10-16-21/h2-18H,1H3. The van der Waals surface area contributed by atoms with E-state index in [0.29, 0.717) is 16.2 Å². The molecule has 0 aliphatic carbocycles. The predicted octanol–water partition coefficient (Wildman–Crippen LogP) is 5.71. The second-order valence-electron chi connectivity index (χ2n) is 7.57. The molecule has 5 nitrogen and oxygen atoms in total. The van der Waals surface area contributed by atoms with Crippen LogP contribution >= 0.6 is 11.6 Å². The average molecular weight is 454 g/mol. The highest BCUT2D eigenvalue weighted by molar-refractivity contribution is 6.29. The number of carbonyl (C=O) groups excluding carboxylic acids is 1. The van der Waals surface area contributed by atoms with Crippen molar-refractivity contribution < 1.29 is 9.53 Å². The first-order valence-corrected chi connectivity index (χ1v) is 10.8. The van der Waals surface area contributed by atoms with Crippen LogP contribution < -0.4 is 0 Å². The summed E-state index contributed by atoms with van der Waals surface area (Å²) in [6.07, 6.45) is 0. The first-order chi connectivity index (χ1) is 16.2. The number of hydrogen-bond acceptors (Lipinski definition) is 4. The molecule has 3 aromatic carbocycles. The molecule has 0 aliphatic rings. The van der Waals surface area contributed by atoms with E-state index < -0.39 is 11.5 Å². The highest BCUT2D eigenvalue weighted by atomic mass is 35.5. The van der Waals surface area contributed by atoms with Crippen molar-refractivity contribution in [3.8, 4) is 0 Å². The van der Waals surface area contributed by atoms with E-state index >= 15 is 0 Å². The number of methoxy groups -OCH3 is 1. The van der Waals surface area contributed by atoms with E-state index in [-0.39, 0.29) is 5.69 Å². The number of aromatic nitrogens is 3. The van der Waals surface area contributed by atoms with E-state index in [1.807, 2.05) is 54.6 Å². The summed E-state index contributed by atoms with van der Waals surface area (Å²) >= 11 is 6.33. The third-order valence-electron chi connectivity index (χ3n) is 5.77. The first kappa shape index (κ1) is 20.9. The molecule has 0 bridgehead atoms. The van der Waals surface area contributed by atoms with Crippen molar-refractivity contribution in [1.29, 1.82) is 0 Å². The van der Waals surface area contributed by atoms with Crippen molar-refractivity contribution in [2.75, 3.05) is 7.11 Å². The molecule has 0 spiro atoms. The van der Waals surface area contributed by atoms with Gasteiger partial charge in [-0.15, -0.1) is 0 Å². The van der Waals surface area contributed by atoms with Gasteiger partial charge < -0.3 is 4.74 Å². The number of nitrogens with zero attached hydrogens (tertiary/aromatic N) is 3. The fourth-order valence-corrected chi connectivity index (χ4v) is 4.50. The van der Waals surface area contributed by atoms with E-state index in [4.69, 9.17) is 21.4 Å². The van der Waals surface area contributed by atoms with Crippen LogP contribution in [0.25, 0.3) is 11.0 Å². The Labute approximate surface area is 196 Å².